The van der Waals surface area contributed by atoms with E-state index in [9.17, 15) is 5.11 Å². The first-order chi connectivity index (χ1) is 10.2. The van der Waals surface area contributed by atoms with Crippen molar-refractivity contribution in [1.29, 1.82) is 0 Å². The van der Waals surface area contributed by atoms with Gasteiger partial charge in [-0.2, -0.15) is 0 Å². The van der Waals surface area contributed by atoms with E-state index >= 15 is 0 Å². The second-order valence-electron chi connectivity index (χ2n) is 6.38. The number of rotatable bonds is 4. The number of nitrogens with zero attached hydrogens (tertiary/aromatic N) is 1. The summed E-state index contributed by atoms with van der Waals surface area (Å²) in [7, 11) is 0. The lowest BCUT2D eigenvalue weighted by Gasteiger charge is -2.40. The summed E-state index contributed by atoms with van der Waals surface area (Å²) in [5, 5.41) is 16.8. The fourth-order valence-electron chi connectivity index (χ4n) is 3.75. The number of nitrogens with one attached hydrogen (secondary N) is 1. The lowest BCUT2D eigenvalue weighted by atomic mass is 9.73. The molecule has 2 N–H and O–H groups in total. The van der Waals surface area contributed by atoms with Crippen LogP contribution < -0.4 is 5.32 Å². The van der Waals surface area contributed by atoms with Crippen molar-refractivity contribution in [2.45, 2.75) is 37.7 Å². The van der Waals surface area contributed by atoms with E-state index in [1.165, 1.54) is 6.42 Å². The molecule has 0 aromatic carbocycles. The normalized spacial score (nSPS) is 31.4. The Morgan fingerprint density at radius 1 is 1.38 bits per heavy atom. The van der Waals surface area contributed by atoms with Crippen LogP contribution in [0.5, 0.6) is 0 Å². The predicted octanol–water partition coefficient (Wildman–Crippen LogP) is 3.18. The highest BCUT2D eigenvalue weighted by molar-refractivity contribution is 9.10. The maximum atomic E-state index is 11.3. The van der Waals surface area contributed by atoms with Crippen molar-refractivity contribution in [3.8, 4) is 0 Å². The van der Waals surface area contributed by atoms with Crippen molar-refractivity contribution in [3.05, 3.63) is 20.8 Å². The van der Waals surface area contributed by atoms with Gasteiger partial charge in [0.2, 0.25) is 0 Å². The van der Waals surface area contributed by atoms with E-state index in [-0.39, 0.29) is 0 Å². The van der Waals surface area contributed by atoms with Crippen molar-refractivity contribution >= 4 is 27.3 Å². The molecule has 2 heterocycles. The molecule has 1 aromatic rings. The van der Waals surface area contributed by atoms with Crippen LogP contribution in [-0.2, 0) is 5.60 Å². The summed E-state index contributed by atoms with van der Waals surface area (Å²) < 4.78 is 1.10. The molecule has 118 valence electrons. The van der Waals surface area contributed by atoms with Crippen molar-refractivity contribution in [2.75, 3.05) is 32.7 Å². The fourth-order valence-corrected chi connectivity index (χ4v) is 5.39. The van der Waals surface area contributed by atoms with E-state index in [2.05, 4.69) is 37.6 Å². The molecule has 1 saturated carbocycles. The lowest BCUT2D eigenvalue weighted by Crippen LogP contribution is -2.45. The minimum Gasteiger partial charge on any atom is -0.384 e. The van der Waals surface area contributed by atoms with E-state index in [1.807, 2.05) is 0 Å². The molecule has 3 rings (SSSR count). The number of piperazine rings is 1. The Kier molecular flexibility index (Phi) is 5.38. The van der Waals surface area contributed by atoms with E-state index in [0.29, 0.717) is 5.92 Å². The average molecular weight is 373 g/mol. The topological polar surface area (TPSA) is 35.5 Å². The predicted molar refractivity (Wildman–Crippen MR) is 91.8 cm³/mol. The standard InChI is InChI=1S/C16H25BrN2OS/c17-14-11-15(21-12-14)16(20)5-2-1-3-13(16)4-8-19-9-6-18-7-10-19/h11-13,18,20H,1-10H2. The van der Waals surface area contributed by atoms with Crippen LogP contribution in [0, 0.1) is 5.92 Å². The van der Waals surface area contributed by atoms with E-state index in [4.69, 9.17) is 0 Å². The summed E-state index contributed by atoms with van der Waals surface area (Å²) >= 11 is 5.23. The van der Waals surface area contributed by atoms with Gasteiger partial charge in [0.05, 0.1) is 0 Å². The SMILES string of the molecule is OC1(c2cc(Br)cs2)CCCCC1CCN1CCNCC1. The van der Waals surface area contributed by atoms with Crippen LogP contribution in [0.1, 0.15) is 37.0 Å². The first-order valence-electron chi connectivity index (χ1n) is 8.08. The van der Waals surface area contributed by atoms with Gasteiger partial charge in [0.15, 0.2) is 0 Å². The molecule has 5 heteroatoms. The third-order valence-corrected chi connectivity index (χ3v) is 6.89. The van der Waals surface area contributed by atoms with Crippen molar-refractivity contribution in [3.63, 3.8) is 0 Å². The van der Waals surface area contributed by atoms with Gasteiger partial charge in [0.25, 0.3) is 0 Å². The second-order valence-corrected chi connectivity index (χ2v) is 8.20. The Balaban J connectivity index is 1.66. The summed E-state index contributed by atoms with van der Waals surface area (Å²) in [5.74, 6) is 0.409. The first-order valence-corrected chi connectivity index (χ1v) is 9.76. The Bertz CT molecular complexity index is 461. The Hall–Kier alpha value is 0.0600. The zero-order chi connectivity index (χ0) is 14.7. The minimum absolute atomic E-state index is 0.409. The monoisotopic (exact) mass is 372 g/mol. The molecule has 0 radical (unpaired) electrons. The molecule has 2 fully saturated rings. The largest absolute Gasteiger partial charge is 0.384 e. The molecule has 1 saturated heterocycles. The van der Waals surface area contributed by atoms with Crippen molar-refractivity contribution in [1.82, 2.24) is 10.2 Å². The molecule has 0 spiro atoms. The third-order valence-electron chi connectivity index (χ3n) is 5.03. The zero-order valence-electron chi connectivity index (χ0n) is 12.5. The average Bonchev–Trinajstić information content (AvgIpc) is 2.95. The quantitative estimate of drug-likeness (QED) is 0.851. The Morgan fingerprint density at radius 3 is 2.90 bits per heavy atom. The maximum Gasteiger partial charge on any atom is 0.102 e. The van der Waals surface area contributed by atoms with Crippen molar-refractivity contribution in [2.24, 2.45) is 5.92 Å². The van der Waals surface area contributed by atoms with Crippen LogP contribution in [0.4, 0.5) is 0 Å². The molecular weight excluding hydrogens is 348 g/mol. The van der Waals surface area contributed by atoms with Gasteiger partial charge in [-0.3, -0.25) is 0 Å². The van der Waals surface area contributed by atoms with E-state index in [0.717, 1.165) is 67.8 Å². The van der Waals surface area contributed by atoms with Gasteiger partial charge in [0.1, 0.15) is 5.60 Å². The molecule has 21 heavy (non-hydrogen) atoms. The van der Waals surface area contributed by atoms with Crippen LogP contribution in [0.3, 0.4) is 0 Å². The van der Waals surface area contributed by atoms with Gasteiger partial charge in [-0.1, -0.05) is 12.8 Å². The van der Waals surface area contributed by atoms with Gasteiger partial charge < -0.3 is 15.3 Å². The number of aliphatic hydroxyl groups is 1. The molecule has 2 unspecified atom stereocenters. The van der Waals surface area contributed by atoms with Gasteiger partial charge in [-0.05, 0) is 53.7 Å². The Morgan fingerprint density at radius 2 is 2.19 bits per heavy atom. The maximum absolute atomic E-state index is 11.3. The smallest absolute Gasteiger partial charge is 0.102 e. The summed E-state index contributed by atoms with van der Waals surface area (Å²) in [6.07, 6.45) is 5.62. The van der Waals surface area contributed by atoms with Crippen LogP contribution in [-0.4, -0.2) is 42.7 Å². The molecule has 1 aromatic heterocycles. The van der Waals surface area contributed by atoms with Crippen molar-refractivity contribution < 1.29 is 5.11 Å². The van der Waals surface area contributed by atoms with Crippen LogP contribution >= 0.6 is 27.3 Å². The summed E-state index contributed by atoms with van der Waals surface area (Å²) in [6, 6.07) is 2.12. The molecular formula is C16H25BrN2OS. The molecule has 0 amide bonds. The van der Waals surface area contributed by atoms with Gasteiger partial charge in [-0.25, -0.2) is 0 Å². The van der Waals surface area contributed by atoms with Gasteiger partial charge in [0, 0.05) is 40.9 Å². The fraction of sp³-hybridized carbons (Fsp3) is 0.750. The highest BCUT2D eigenvalue weighted by Gasteiger charge is 2.41. The summed E-state index contributed by atoms with van der Waals surface area (Å²) in [6.45, 7) is 5.63. The number of halogens is 1. The molecule has 0 bridgehead atoms. The van der Waals surface area contributed by atoms with Crippen LogP contribution in [0.2, 0.25) is 0 Å². The third kappa shape index (κ3) is 3.70. The van der Waals surface area contributed by atoms with Crippen LogP contribution in [0.15, 0.2) is 15.9 Å². The number of hydrogen-bond donors (Lipinski definition) is 2. The van der Waals surface area contributed by atoms with Crippen LogP contribution in [0.25, 0.3) is 0 Å². The highest BCUT2D eigenvalue weighted by atomic mass is 79.9. The molecule has 2 aliphatic rings. The Labute approximate surface area is 139 Å². The molecule has 1 aliphatic heterocycles. The lowest BCUT2D eigenvalue weighted by molar-refractivity contribution is -0.0573. The highest BCUT2D eigenvalue weighted by Crippen LogP contribution is 2.46. The number of thiophene rings is 1. The van der Waals surface area contributed by atoms with E-state index < -0.39 is 5.60 Å². The zero-order valence-corrected chi connectivity index (χ0v) is 14.9. The molecule has 3 nitrogen and oxygen atoms in total. The molecule has 2 atom stereocenters. The molecule has 1 aliphatic carbocycles. The minimum atomic E-state index is -0.594. The first kappa shape index (κ1) is 15.9. The van der Waals surface area contributed by atoms with Gasteiger partial charge >= 0.3 is 0 Å². The second kappa shape index (κ2) is 7.09. The van der Waals surface area contributed by atoms with Gasteiger partial charge in [-0.15, -0.1) is 11.3 Å². The summed E-state index contributed by atoms with van der Waals surface area (Å²) in [4.78, 5) is 3.69. The van der Waals surface area contributed by atoms with E-state index in [1.54, 1.807) is 11.3 Å². The number of hydrogen-bond acceptors (Lipinski definition) is 4. The summed E-state index contributed by atoms with van der Waals surface area (Å²) in [5.41, 5.74) is -0.594.